The maximum Gasteiger partial charge on any atom is 0.269 e. The Kier molecular flexibility index (Phi) is 2.60. The van der Waals surface area contributed by atoms with Crippen LogP contribution in [0.15, 0.2) is 29.2 Å². The third-order valence-electron chi connectivity index (χ3n) is 3.43. The van der Waals surface area contributed by atoms with E-state index in [-0.39, 0.29) is 29.3 Å². The van der Waals surface area contributed by atoms with E-state index < -0.39 is 22.0 Å². The van der Waals surface area contributed by atoms with Gasteiger partial charge in [0.05, 0.1) is 11.6 Å². The van der Waals surface area contributed by atoms with Gasteiger partial charge in [0.25, 0.3) is 15.9 Å². The van der Waals surface area contributed by atoms with Gasteiger partial charge in [-0.25, -0.2) is 12.7 Å². The van der Waals surface area contributed by atoms with Crippen LogP contribution in [0.4, 0.5) is 0 Å². The van der Waals surface area contributed by atoms with Crippen molar-refractivity contribution < 1.29 is 18.0 Å². The molecule has 1 saturated heterocycles. The third kappa shape index (κ3) is 1.73. The van der Waals surface area contributed by atoms with Crippen molar-refractivity contribution in [1.29, 1.82) is 0 Å². The predicted octanol–water partition coefficient (Wildman–Crippen LogP) is 0.110. The van der Waals surface area contributed by atoms with Crippen LogP contribution in [0.2, 0.25) is 0 Å². The van der Waals surface area contributed by atoms with E-state index in [1.807, 2.05) is 0 Å². The molecule has 0 bridgehead atoms. The van der Waals surface area contributed by atoms with Gasteiger partial charge in [-0.1, -0.05) is 12.1 Å². The van der Waals surface area contributed by atoms with Crippen LogP contribution in [0, 0.1) is 0 Å². The first kappa shape index (κ1) is 12.2. The molecule has 0 saturated carbocycles. The lowest BCUT2D eigenvalue weighted by atomic mass is 10.1. The summed E-state index contributed by atoms with van der Waals surface area (Å²) in [4.78, 5) is 23.4. The lowest BCUT2D eigenvalue weighted by molar-refractivity contribution is -0.122. The number of piperidine rings is 1. The maximum absolute atomic E-state index is 12.4. The minimum Gasteiger partial charge on any atom is -0.354 e. The molecule has 6 nitrogen and oxygen atoms in total. The highest BCUT2D eigenvalue weighted by molar-refractivity contribution is 7.90. The summed E-state index contributed by atoms with van der Waals surface area (Å²) in [5.74, 6) is -0.616. The second kappa shape index (κ2) is 4.06. The highest BCUT2D eigenvalue weighted by atomic mass is 32.2. The smallest absolute Gasteiger partial charge is 0.269 e. The van der Waals surface area contributed by atoms with Gasteiger partial charge in [0.15, 0.2) is 0 Å². The molecule has 2 amide bonds. The second-order valence-corrected chi connectivity index (χ2v) is 6.38. The van der Waals surface area contributed by atoms with Crippen molar-refractivity contribution in [2.75, 3.05) is 6.54 Å². The van der Waals surface area contributed by atoms with Gasteiger partial charge in [0.2, 0.25) is 5.91 Å². The standard InChI is InChI=1S/C12H12N2O4S/c15-11-6-5-8(7-13-11)14-12(16)9-3-1-2-4-10(9)19(14,17)18/h1-4,8H,5-7H2,(H,13,15). The number of hydrogen-bond donors (Lipinski definition) is 1. The third-order valence-corrected chi connectivity index (χ3v) is 5.32. The number of benzene rings is 1. The van der Waals surface area contributed by atoms with Crippen LogP contribution in [0.3, 0.4) is 0 Å². The molecule has 19 heavy (non-hydrogen) atoms. The highest BCUT2D eigenvalue weighted by Gasteiger charge is 2.45. The average Bonchev–Trinajstić information content (AvgIpc) is 2.60. The van der Waals surface area contributed by atoms with Gasteiger partial charge in [0, 0.05) is 13.0 Å². The van der Waals surface area contributed by atoms with Gasteiger partial charge in [-0.05, 0) is 18.6 Å². The number of nitrogens with one attached hydrogen (secondary N) is 1. The molecule has 1 aromatic rings. The number of carbonyl (C=O) groups is 2. The van der Waals surface area contributed by atoms with Crippen LogP contribution in [0.25, 0.3) is 0 Å². The van der Waals surface area contributed by atoms with E-state index in [1.54, 1.807) is 12.1 Å². The van der Waals surface area contributed by atoms with Gasteiger partial charge in [-0.2, -0.15) is 0 Å². The van der Waals surface area contributed by atoms with E-state index in [2.05, 4.69) is 5.32 Å². The minimum atomic E-state index is -3.78. The van der Waals surface area contributed by atoms with Crippen molar-refractivity contribution in [3.8, 4) is 0 Å². The molecule has 0 spiro atoms. The van der Waals surface area contributed by atoms with E-state index in [0.717, 1.165) is 4.31 Å². The number of sulfonamides is 1. The molecule has 100 valence electrons. The quantitative estimate of drug-likeness (QED) is 0.791. The van der Waals surface area contributed by atoms with Crippen molar-refractivity contribution in [2.45, 2.75) is 23.8 Å². The van der Waals surface area contributed by atoms with Crippen LogP contribution in [-0.2, 0) is 14.8 Å². The normalized spacial score (nSPS) is 25.1. The Balaban J connectivity index is 2.01. The Hall–Kier alpha value is -1.89. The first-order chi connectivity index (χ1) is 9.01. The number of hydrogen-bond acceptors (Lipinski definition) is 4. The van der Waals surface area contributed by atoms with Crippen LogP contribution in [0.1, 0.15) is 23.2 Å². The zero-order chi connectivity index (χ0) is 13.6. The predicted molar refractivity (Wildman–Crippen MR) is 65.8 cm³/mol. The summed E-state index contributed by atoms with van der Waals surface area (Å²) in [5, 5.41) is 2.60. The molecule has 2 aliphatic rings. The Morgan fingerprint density at radius 2 is 1.95 bits per heavy atom. The number of amides is 2. The molecular formula is C12H12N2O4S. The summed E-state index contributed by atoms with van der Waals surface area (Å²) in [6.07, 6.45) is 0.602. The first-order valence-electron chi connectivity index (χ1n) is 5.96. The molecule has 2 aliphatic heterocycles. The van der Waals surface area contributed by atoms with Gasteiger partial charge in [-0.3, -0.25) is 9.59 Å². The second-order valence-electron chi connectivity index (χ2n) is 4.60. The molecule has 7 heteroatoms. The number of nitrogens with zero attached hydrogens (tertiary/aromatic N) is 1. The minimum absolute atomic E-state index is 0.0527. The largest absolute Gasteiger partial charge is 0.354 e. The monoisotopic (exact) mass is 280 g/mol. The van der Waals surface area contributed by atoms with E-state index in [4.69, 9.17) is 0 Å². The van der Waals surface area contributed by atoms with Gasteiger partial charge < -0.3 is 5.32 Å². The Morgan fingerprint density at radius 1 is 1.21 bits per heavy atom. The van der Waals surface area contributed by atoms with E-state index in [9.17, 15) is 18.0 Å². The van der Waals surface area contributed by atoms with E-state index in [0.29, 0.717) is 6.42 Å². The van der Waals surface area contributed by atoms with Gasteiger partial charge in [-0.15, -0.1) is 0 Å². The molecule has 1 N–H and O–H groups in total. The molecule has 3 rings (SSSR count). The molecular weight excluding hydrogens is 268 g/mol. The van der Waals surface area contributed by atoms with Crippen LogP contribution >= 0.6 is 0 Å². The van der Waals surface area contributed by atoms with Crippen LogP contribution in [0.5, 0.6) is 0 Å². The van der Waals surface area contributed by atoms with Crippen molar-refractivity contribution in [2.24, 2.45) is 0 Å². The Morgan fingerprint density at radius 3 is 2.58 bits per heavy atom. The zero-order valence-corrected chi connectivity index (χ0v) is 10.8. The van der Waals surface area contributed by atoms with Crippen molar-refractivity contribution >= 4 is 21.8 Å². The lowest BCUT2D eigenvalue weighted by Gasteiger charge is -2.29. The summed E-state index contributed by atoms with van der Waals surface area (Å²) in [5.41, 5.74) is 0.208. The zero-order valence-electron chi connectivity index (χ0n) is 10.00. The fourth-order valence-corrected chi connectivity index (χ4v) is 4.27. The van der Waals surface area contributed by atoms with E-state index >= 15 is 0 Å². The molecule has 0 aliphatic carbocycles. The molecule has 1 fully saturated rings. The summed E-state index contributed by atoms with van der Waals surface area (Å²) in [7, 11) is -3.78. The topological polar surface area (TPSA) is 83.6 Å². The van der Waals surface area contributed by atoms with Gasteiger partial charge >= 0.3 is 0 Å². The molecule has 1 atom stereocenters. The molecule has 0 aromatic heterocycles. The summed E-state index contributed by atoms with van der Waals surface area (Å²) in [6, 6.07) is 5.68. The molecule has 0 radical (unpaired) electrons. The highest BCUT2D eigenvalue weighted by Crippen LogP contribution is 2.33. The van der Waals surface area contributed by atoms with Crippen LogP contribution in [-0.4, -0.2) is 37.1 Å². The van der Waals surface area contributed by atoms with Crippen LogP contribution < -0.4 is 5.32 Å². The van der Waals surface area contributed by atoms with E-state index in [1.165, 1.54) is 12.1 Å². The summed E-state index contributed by atoms with van der Waals surface area (Å²) < 4.78 is 25.6. The molecule has 1 unspecified atom stereocenters. The maximum atomic E-state index is 12.4. The Bertz CT molecular complexity index is 658. The van der Waals surface area contributed by atoms with Crippen molar-refractivity contribution in [3.05, 3.63) is 29.8 Å². The lowest BCUT2D eigenvalue weighted by Crippen LogP contribution is -2.50. The van der Waals surface area contributed by atoms with Gasteiger partial charge in [0.1, 0.15) is 4.90 Å². The fraction of sp³-hybridized carbons (Fsp3) is 0.333. The Labute approximate surface area is 110 Å². The SMILES string of the molecule is O=C1CCC(N2C(=O)c3ccccc3S2(=O)=O)CN1. The first-order valence-corrected chi connectivity index (χ1v) is 7.40. The number of fused-ring (bicyclic) bond motifs is 1. The van der Waals surface area contributed by atoms with Crippen molar-refractivity contribution in [1.82, 2.24) is 9.62 Å². The molecule has 2 heterocycles. The molecule has 1 aromatic carbocycles. The summed E-state index contributed by atoms with van der Waals surface area (Å²) in [6.45, 7) is 0.178. The fourth-order valence-electron chi connectivity index (χ4n) is 2.48. The number of rotatable bonds is 1. The van der Waals surface area contributed by atoms with Crippen molar-refractivity contribution in [3.63, 3.8) is 0 Å². The average molecular weight is 280 g/mol. The summed E-state index contributed by atoms with van der Waals surface area (Å²) >= 11 is 0. The number of carbonyl (C=O) groups excluding carboxylic acids is 2.